The number of anilines is 3. The van der Waals surface area contributed by atoms with E-state index in [1.165, 1.54) is 0 Å². The molecule has 3 saturated carbocycles. The molecule has 3 aliphatic carbocycles. The van der Waals surface area contributed by atoms with Crippen molar-refractivity contribution < 1.29 is 48.0 Å². The van der Waals surface area contributed by atoms with Gasteiger partial charge in [-0.25, -0.2) is 19.4 Å². The molecule has 6 aliphatic rings. The van der Waals surface area contributed by atoms with Gasteiger partial charge in [-0.05, 0) is 193 Å². The standard InChI is InChI=1S/C19H25BrN2O3.C18H22BrN3O2.C12H19NO4.C6H7BrN2.C2H6O/c1-19(2,3)25-18(24)22-14-7-5-12(8-14)17(22)16(23)9-11-4-6-13(20)10-15(11)21;1-18(2,3)24-17(23)22-12-6-4-10(8-12)15(22)16-20-13-7-5-11(19)9-14(13)21-16;1-12(2,3)17-11(15)13-9-5-4-8(6-9)10(13)16-7-14;7-4-1-2-5(8)6(9)3-4;1-2-3/h4,6,10,12,14,17H,5,7-9,21H2,1-3H3;5,7,9-10,12,15H,4,6,8H2,1-3H3,(H,20,21);7-10H,4-6H2,1-3H3;1-3H,8-9H2;3H,2H2,1H3/t12-,14+,17-;10-,12+,15-;8-,9+,10+;;/m000../s1. The molecule has 10 rings (SSSR count). The van der Waals surface area contributed by atoms with Gasteiger partial charge in [0.2, 0.25) is 0 Å². The highest BCUT2D eigenvalue weighted by Gasteiger charge is 2.54. The average Bonchev–Trinajstić information content (AvgIpc) is 4.31. The smallest absolute Gasteiger partial charge is 0.413 e. The van der Waals surface area contributed by atoms with Gasteiger partial charge in [0.05, 0.1) is 34.5 Å². The third-order valence-electron chi connectivity index (χ3n) is 14.3. The molecule has 3 aliphatic heterocycles. The SMILES string of the molecule is CC(C)(C)OC(=O)N1[C@@H]2CC[C@@H](C2)[C@H]1C(=O)Cc1ccc(Br)cc1N.CC(C)(C)OC(=O)N1[C@@H]2CC[C@@H](C2)[C@H]1OC=O.CC(C)(C)OC(=O)N1[C@@H]2CC[C@@H](C2)[C@H]1c1nc2ccc(Br)cc2[nH]1.CCO.Nc1ccc(Br)cc1N. The predicted molar refractivity (Wildman–Crippen MR) is 312 cm³/mol. The van der Waals surface area contributed by atoms with E-state index < -0.39 is 29.1 Å². The lowest BCUT2D eigenvalue weighted by Gasteiger charge is -2.35. The number of amides is 3. The van der Waals surface area contributed by atoms with Gasteiger partial charge in [0.15, 0.2) is 12.0 Å². The van der Waals surface area contributed by atoms with E-state index in [2.05, 4.69) is 52.8 Å². The molecule has 4 heterocycles. The molecule has 3 aromatic carbocycles. The first-order valence-electron chi connectivity index (χ1n) is 26.8. The third kappa shape index (κ3) is 16.0. The summed E-state index contributed by atoms with van der Waals surface area (Å²) in [6.07, 6.45) is 7.85. The summed E-state index contributed by atoms with van der Waals surface area (Å²) in [6.45, 7) is 19.1. The van der Waals surface area contributed by atoms with Crippen molar-refractivity contribution in [2.24, 2.45) is 17.8 Å². The number of nitrogens with two attached hydrogens (primary N) is 3. The Balaban J connectivity index is 0.000000173. The topological polar surface area (TPSA) is 259 Å². The van der Waals surface area contributed by atoms with E-state index >= 15 is 0 Å². The number of Topliss-reactive ketones (excluding diaryl/α,β-unsaturated/α-hetero) is 1. The van der Waals surface area contributed by atoms with E-state index in [1.54, 1.807) is 34.9 Å². The highest BCUT2D eigenvalue weighted by molar-refractivity contribution is 9.11. The molecule has 3 amide bonds. The molecule has 428 valence electrons. The predicted octanol–water partition coefficient (Wildman–Crippen LogP) is 12.2. The van der Waals surface area contributed by atoms with Crippen molar-refractivity contribution in [3.8, 4) is 0 Å². The molecule has 78 heavy (non-hydrogen) atoms. The lowest BCUT2D eigenvalue weighted by atomic mass is 9.91. The Kier molecular flexibility index (Phi) is 20.7. The summed E-state index contributed by atoms with van der Waals surface area (Å²) in [5.41, 5.74) is 19.9. The van der Waals surface area contributed by atoms with Gasteiger partial charge in [-0.3, -0.25) is 24.3 Å². The number of piperidine rings is 3. The number of nitrogens with zero attached hydrogens (tertiary/aromatic N) is 4. The molecule has 3 saturated heterocycles. The molecule has 18 nitrogen and oxygen atoms in total. The minimum absolute atomic E-state index is 0.00947. The number of ether oxygens (including phenoxy) is 4. The van der Waals surface area contributed by atoms with Crippen molar-refractivity contribution in [1.82, 2.24) is 24.7 Å². The Morgan fingerprint density at radius 2 is 1.10 bits per heavy atom. The molecule has 0 spiro atoms. The Labute approximate surface area is 483 Å². The second-order valence-electron chi connectivity index (χ2n) is 23.7. The number of nitrogens with one attached hydrogen (secondary N) is 1. The van der Waals surface area contributed by atoms with Gasteiger partial charge >= 0.3 is 18.3 Å². The van der Waals surface area contributed by atoms with Gasteiger partial charge in [-0.1, -0.05) is 53.9 Å². The van der Waals surface area contributed by atoms with Crippen molar-refractivity contribution in [3.05, 3.63) is 79.4 Å². The molecule has 1 aromatic heterocycles. The zero-order chi connectivity index (χ0) is 57.6. The summed E-state index contributed by atoms with van der Waals surface area (Å²) in [5.74, 6) is 1.90. The first kappa shape index (κ1) is 62.1. The average molecular weight is 1280 g/mol. The van der Waals surface area contributed by atoms with Crippen LogP contribution in [0, 0.1) is 17.8 Å². The van der Waals surface area contributed by atoms with Crippen LogP contribution in [0.5, 0.6) is 0 Å². The minimum atomic E-state index is -0.567. The number of aliphatic hydroxyl groups excluding tert-OH is 1. The van der Waals surface area contributed by atoms with E-state index in [4.69, 9.17) is 46.2 Å². The number of rotatable bonds is 6. The quantitative estimate of drug-likeness (QED) is 0.0683. The maximum atomic E-state index is 13.0. The minimum Gasteiger partial charge on any atom is -0.444 e. The zero-order valence-corrected chi connectivity index (χ0v) is 51.3. The number of halogens is 3. The van der Waals surface area contributed by atoms with Crippen LogP contribution in [0.4, 0.5) is 31.4 Å². The molecule has 21 heteroatoms. The fourth-order valence-electron chi connectivity index (χ4n) is 11.3. The van der Waals surface area contributed by atoms with Gasteiger partial charge in [-0.15, -0.1) is 0 Å². The summed E-state index contributed by atoms with van der Waals surface area (Å²) < 4.78 is 24.4. The van der Waals surface area contributed by atoms with Crippen molar-refractivity contribution in [2.75, 3.05) is 23.8 Å². The molecule has 0 radical (unpaired) electrons. The van der Waals surface area contributed by atoms with E-state index in [0.717, 1.165) is 93.6 Å². The van der Waals surface area contributed by atoms with Gasteiger partial charge < -0.3 is 46.2 Å². The third-order valence-corrected chi connectivity index (χ3v) is 15.8. The first-order valence-corrected chi connectivity index (χ1v) is 29.1. The number of ketones is 1. The van der Waals surface area contributed by atoms with Gasteiger partial charge in [-0.2, -0.15) is 0 Å². The fraction of sp³-hybridized carbons (Fsp3) is 0.579. The van der Waals surface area contributed by atoms with E-state index in [-0.39, 0.29) is 73.1 Å². The summed E-state index contributed by atoms with van der Waals surface area (Å²) in [7, 11) is 0. The van der Waals surface area contributed by atoms with Crippen LogP contribution in [0.2, 0.25) is 0 Å². The molecule has 9 atom stereocenters. The summed E-state index contributed by atoms with van der Waals surface area (Å²) >= 11 is 10.1. The number of carbonyl (C=O) groups is 5. The number of hydrogen-bond acceptors (Lipinski definition) is 14. The Hall–Kier alpha value is -5.12. The van der Waals surface area contributed by atoms with Crippen molar-refractivity contribution in [1.29, 1.82) is 0 Å². The first-order chi connectivity index (χ1) is 36.5. The highest BCUT2D eigenvalue weighted by atomic mass is 79.9. The lowest BCUT2D eigenvalue weighted by Crippen LogP contribution is -2.51. The number of aliphatic hydroxyl groups is 1. The van der Waals surface area contributed by atoms with Crippen molar-refractivity contribution in [3.63, 3.8) is 0 Å². The van der Waals surface area contributed by atoms with Crippen LogP contribution >= 0.6 is 47.8 Å². The maximum absolute atomic E-state index is 13.0. The molecule has 8 N–H and O–H groups in total. The second kappa shape index (κ2) is 26.0. The number of benzene rings is 3. The zero-order valence-electron chi connectivity index (χ0n) is 46.5. The number of carbonyl (C=O) groups excluding carboxylic acids is 5. The number of likely N-dealkylation sites (tertiary alicyclic amines) is 3. The number of aromatic amines is 1. The number of hydrogen-bond donors (Lipinski definition) is 5. The van der Waals surface area contributed by atoms with E-state index in [1.807, 2.05) is 104 Å². The van der Waals surface area contributed by atoms with E-state index in [0.29, 0.717) is 29.5 Å². The number of imidazole rings is 1. The van der Waals surface area contributed by atoms with Crippen LogP contribution in [-0.4, -0.2) is 114 Å². The Morgan fingerprint density at radius 3 is 1.65 bits per heavy atom. The number of fused-ring (bicyclic) bond motifs is 7. The van der Waals surface area contributed by atoms with Crippen molar-refractivity contribution in [2.45, 2.75) is 187 Å². The van der Waals surface area contributed by atoms with Crippen LogP contribution in [0.1, 0.15) is 144 Å². The van der Waals surface area contributed by atoms with Crippen LogP contribution in [0.15, 0.2) is 68.0 Å². The van der Waals surface area contributed by atoms with E-state index in [9.17, 15) is 24.0 Å². The highest BCUT2D eigenvalue weighted by Crippen LogP contribution is 2.51. The summed E-state index contributed by atoms with van der Waals surface area (Å²) in [6, 6.07) is 17.1. The molecular weight excluding hydrogens is 1200 g/mol. The molecule has 0 unspecified atom stereocenters. The van der Waals surface area contributed by atoms with Crippen LogP contribution < -0.4 is 17.2 Å². The second-order valence-corrected chi connectivity index (χ2v) is 26.5. The summed E-state index contributed by atoms with van der Waals surface area (Å²) in [4.78, 5) is 74.3. The van der Waals surface area contributed by atoms with Gasteiger partial charge in [0, 0.05) is 56.2 Å². The molecular formula is C57H79Br3N8O10. The molecule has 6 fully saturated rings. The monoisotopic (exact) mass is 1270 g/mol. The Morgan fingerprint density at radius 1 is 0.641 bits per heavy atom. The normalized spacial score (nSPS) is 24.4. The number of H-pyrrole nitrogens is 1. The van der Waals surface area contributed by atoms with Gasteiger partial charge in [0.25, 0.3) is 6.47 Å². The van der Waals surface area contributed by atoms with Crippen molar-refractivity contribution >= 4 is 106 Å². The number of aromatic nitrogens is 2. The maximum Gasteiger partial charge on any atom is 0.413 e. The number of nitrogen functional groups attached to an aromatic ring is 3. The lowest BCUT2D eigenvalue weighted by molar-refractivity contribution is -0.146. The fourth-order valence-corrected chi connectivity index (χ4v) is 12.5. The molecule has 4 aromatic rings. The largest absolute Gasteiger partial charge is 0.444 e. The Bertz CT molecular complexity index is 2760. The van der Waals surface area contributed by atoms with Crippen LogP contribution in [-0.2, 0) is 35.0 Å². The summed E-state index contributed by atoms with van der Waals surface area (Å²) in [5, 5.41) is 7.57. The molecule has 6 bridgehead atoms. The van der Waals surface area contributed by atoms with Crippen LogP contribution in [0.25, 0.3) is 11.0 Å². The van der Waals surface area contributed by atoms with Gasteiger partial charge in [0.1, 0.15) is 22.6 Å². The van der Waals surface area contributed by atoms with Crippen LogP contribution in [0.3, 0.4) is 0 Å².